The van der Waals surface area contributed by atoms with E-state index in [-0.39, 0.29) is 11.8 Å². The minimum atomic E-state index is -0.262. The Balaban J connectivity index is 1.68. The minimum Gasteiger partial charge on any atom is -0.492 e. The van der Waals surface area contributed by atoms with Crippen LogP contribution in [0.2, 0.25) is 0 Å². The lowest BCUT2D eigenvalue weighted by atomic mass is 10.1. The molecule has 2 amide bonds. The van der Waals surface area contributed by atoms with E-state index in [1.807, 2.05) is 55.5 Å². The van der Waals surface area contributed by atoms with Crippen LogP contribution in [0.4, 0.5) is 11.4 Å². The number of ether oxygens (including phenoxy) is 1. The molecule has 0 saturated heterocycles. The van der Waals surface area contributed by atoms with E-state index in [9.17, 15) is 9.59 Å². The monoisotopic (exact) mass is 402 g/mol. The van der Waals surface area contributed by atoms with Crippen LogP contribution in [-0.4, -0.2) is 18.4 Å². The van der Waals surface area contributed by atoms with E-state index in [0.29, 0.717) is 35.7 Å². The third-order valence-electron chi connectivity index (χ3n) is 4.71. The Morgan fingerprint density at radius 2 is 1.63 bits per heavy atom. The van der Waals surface area contributed by atoms with Crippen molar-refractivity contribution in [3.63, 3.8) is 0 Å². The van der Waals surface area contributed by atoms with Crippen LogP contribution in [0.15, 0.2) is 72.8 Å². The van der Waals surface area contributed by atoms with E-state index < -0.39 is 0 Å². The standard InChI is InChI=1S/C25H26N2O3/c1-3-24(28)27-22-17-20(14-13-18(22)2)26-25(29)21-11-7-8-12-23(21)30-16-15-19-9-5-4-6-10-19/h4-14,17H,3,15-16H2,1-2H3,(H,26,29)(H,27,28). The van der Waals surface area contributed by atoms with Gasteiger partial charge in [0.2, 0.25) is 5.91 Å². The Bertz CT molecular complexity index is 1020. The zero-order valence-corrected chi connectivity index (χ0v) is 17.3. The minimum absolute atomic E-state index is 0.0706. The molecule has 3 aromatic rings. The predicted octanol–water partition coefficient (Wildman–Crippen LogP) is 5.22. The number of carbonyl (C=O) groups excluding carboxylic acids is 2. The molecule has 0 radical (unpaired) electrons. The highest BCUT2D eigenvalue weighted by molar-refractivity contribution is 6.06. The third kappa shape index (κ3) is 5.70. The Morgan fingerprint density at radius 1 is 0.900 bits per heavy atom. The molecule has 0 unspecified atom stereocenters. The molecule has 0 bridgehead atoms. The molecular formula is C25H26N2O3. The van der Waals surface area contributed by atoms with Crippen molar-refractivity contribution >= 4 is 23.2 Å². The number of carbonyl (C=O) groups is 2. The van der Waals surface area contributed by atoms with Gasteiger partial charge in [-0.25, -0.2) is 0 Å². The predicted molar refractivity (Wildman–Crippen MR) is 120 cm³/mol. The lowest BCUT2D eigenvalue weighted by molar-refractivity contribution is -0.115. The number of rotatable bonds is 8. The SMILES string of the molecule is CCC(=O)Nc1cc(NC(=O)c2ccccc2OCCc2ccccc2)ccc1C. The molecule has 0 atom stereocenters. The topological polar surface area (TPSA) is 67.4 Å². The molecular weight excluding hydrogens is 376 g/mol. The summed E-state index contributed by atoms with van der Waals surface area (Å²) >= 11 is 0. The van der Waals surface area contributed by atoms with Crippen molar-refractivity contribution in [3.8, 4) is 5.75 Å². The van der Waals surface area contributed by atoms with Crippen LogP contribution in [0.25, 0.3) is 0 Å². The van der Waals surface area contributed by atoms with Crippen LogP contribution in [0.5, 0.6) is 5.75 Å². The van der Waals surface area contributed by atoms with Crippen molar-refractivity contribution in [2.24, 2.45) is 0 Å². The summed E-state index contributed by atoms with van der Waals surface area (Å²) in [6, 6.07) is 22.7. The molecule has 2 N–H and O–H groups in total. The van der Waals surface area contributed by atoms with Gasteiger partial charge in [0.15, 0.2) is 0 Å². The van der Waals surface area contributed by atoms with Crippen molar-refractivity contribution in [2.45, 2.75) is 26.7 Å². The molecule has 0 heterocycles. The summed E-state index contributed by atoms with van der Waals surface area (Å²) in [5.41, 5.74) is 3.87. The second kappa shape index (κ2) is 10.3. The highest BCUT2D eigenvalue weighted by atomic mass is 16.5. The van der Waals surface area contributed by atoms with Gasteiger partial charge in [-0.1, -0.05) is 55.5 Å². The lowest BCUT2D eigenvalue weighted by Gasteiger charge is -2.13. The van der Waals surface area contributed by atoms with Crippen molar-refractivity contribution < 1.29 is 14.3 Å². The van der Waals surface area contributed by atoms with Gasteiger partial charge in [0.1, 0.15) is 5.75 Å². The number of hydrogen-bond donors (Lipinski definition) is 2. The maximum Gasteiger partial charge on any atom is 0.259 e. The highest BCUT2D eigenvalue weighted by Crippen LogP contribution is 2.23. The molecule has 3 rings (SSSR count). The molecule has 0 spiro atoms. The number of nitrogens with one attached hydrogen (secondary N) is 2. The lowest BCUT2D eigenvalue weighted by Crippen LogP contribution is -2.15. The number of para-hydroxylation sites is 1. The van der Waals surface area contributed by atoms with Gasteiger partial charge in [0.25, 0.3) is 5.91 Å². The van der Waals surface area contributed by atoms with Gasteiger partial charge >= 0.3 is 0 Å². The Hall–Kier alpha value is -3.60. The molecule has 0 aliphatic carbocycles. The molecule has 3 aromatic carbocycles. The fraction of sp³-hybridized carbons (Fsp3) is 0.200. The second-order valence-electron chi connectivity index (χ2n) is 6.97. The Labute approximate surface area is 177 Å². The number of hydrogen-bond acceptors (Lipinski definition) is 3. The zero-order valence-electron chi connectivity index (χ0n) is 17.3. The number of aryl methyl sites for hydroxylation is 1. The maximum absolute atomic E-state index is 12.9. The van der Waals surface area contributed by atoms with Gasteiger partial charge in [-0.2, -0.15) is 0 Å². The second-order valence-corrected chi connectivity index (χ2v) is 6.97. The molecule has 0 aliphatic rings. The van der Waals surface area contributed by atoms with Crippen LogP contribution in [0.3, 0.4) is 0 Å². The van der Waals surface area contributed by atoms with Gasteiger partial charge in [-0.05, 0) is 42.3 Å². The first-order valence-electron chi connectivity index (χ1n) is 10.0. The largest absolute Gasteiger partial charge is 0.492 e. The van der Waals surface area contributed by atoms with Crippen LogP contribution >= 0.6 is 0 Å². The van der Waals surface area contributed by atoms with E-state index in [1.54, 1.807) is 31.2 Å². The number of anilines is 2. The average molecular weight is 402 g/mol. The summed E-state index contributed by atoms with van der Waals surface area (Å²) in [7, 11) is 0. The summed E-state index contributed by atoms with van der Waals surface area (Å²) in [5.74, 6) is 0.207. The zero-order chi connectivity index (χ0) is 21.3. The molecule has 30 heavy (non-hydrogen) atoms. The molecule has 154 valence electrons. The summed E-state index contributed by atoms with van der Waals surface area (Å²) in [4.78, 5) is 24.6. The summed E-state index contributed by atoms with van der Waals surface area (Å²) < 4.78 is 5.89. The van der Waals surface area contributed by atoms with Crippen molar-refractivity contribution in [3.05, 3.63) is 89.5 Å². The average Bonchev–Trinajstić information content (AvgIpc) is 2.77. The van der Waals surface area contributed by atoms with Crippen molar-refractivity contribution in [2.75, 3.05) is 17.2 Å². The van der Waals surface area contributed by atoms with Gasteiger partial charge in [-0.3, -0.25) is 9.59 Å². The van der Waals surface area contributed by atoms with E-state index in [1.165, 1.54) is 5.56 Å². The fourth-order valence-electron chi connectivity index (χ4n) is 2.98. The smallest absolute Gasteiger partial charge is 0.259 e. The van der Waals surface area contributed by atoms with Crippen LogP contribution in [0.1, 0.15) is 34.8 Å². The molecule has 5 heteroatoms. The van der Waals surface area contributed by atoms with Gasteiger partial charge in [0, 0.05) is 24.2 Å². The molecule has 0 aromatic heterocycles. The van der Waals surface area contributed by atoms with Crippen molar-refractivity contribution in [1.82, 2.24) is 0 Å². The fourth-order valence-corrected chi connectivity index (χ4v) is 2.98. The molecule has 5 nitrogen and oxygen atoms in total. The van der Waals surface area contributed by atoms with Gasteiger partial charge in [-0.15, -0.1) is 0 Å². The summed E-state index contributed by atoms with van der Waals surface area (Å²) in [5, 5.41) is 5.75. The first-order chi connectivity index (χ1) is 14.6. The first-order valence-corrected chi connectivity index (χ1v) is 10.0. The Kier molecular flexibility index (Phi) is 7.22. The number of amides is 2. The molecule has 0 aliphatic heterocycles. The number of benzene rings is 3. The molecule has 0 fully saturated rings. The van der Waals surface area contributed by atoms with Gasteiger partial charge < -0.3 is 15.4 Å². The van der Waals surface area contributed by atoms with Crippen LogP contribution < -0.4 is 15.4 Å². The Morgan fingerprint density at radius 3 is 2.40 bits per heavy atom. The van der Waals surface area contributed by atoms with E-state index >= 15 is 0 Å². The van der Waals surface area contributed by atoms with E-state index in [4.69, 9.17) is 4.74 Å². The highest BCUT2D eigenvalue weighted by Gasteiger charge is 2.13. The van der Waals surface area contributed by atoms with Crippen LogP contribution in [-0.2, 0) is 11.2 Å². The third-order valence-corrected chi connectivity index (χ3v) is 4.71. The quantitative estimate of drug-likeness (QED) is 0.543. The maximum atomic E-state index is 12.9. The molecule has 0 saturated carbocycles. The van der Waals surface area contributed by atoms with Crippen molar-refractivity contribution in [1.29, 1.82) is 0 Å². The first kappa shape index (κ1) is 21.1. The normalized spacial score (nSPS) is 10.3. The summed E-state index contributed by atoms with van der Waals surface area (Å²) in [6.07, 6.45) is 1.15. The van der Waals surface area contributed by atoms with Gasteiger partial charge in [0.05, 0.1) is 12.2 Å². The van der Waals surface area contributed by atoms with Crippen LogP contribution in [0, 0.1) is 6.92 Å². The van der Waals surface area contributed by atoms with E-state index in [2.05, 4.69) is 10.6 Å². The summed E-state index contributed by atoms with van der Waals surface area (Å²) in [6.45, 7) is 4.18. The van der Waals surface area contributed by atoms with E-state index in [0.717, 1.165) is 12.0 Å².